The molecule has 1 aliphatic carbocycles. The van der Waals surface area contributed by atoms with Crippen molar-refractivity contribution in [3.8, 4) is 0 Å². The first-order valence-electron chi connectivity index (χ1n) is 5.64. The van der Waals surface area contributed by atoms with Crippen LogP contribution in [0, 0.1) is 11.8 Å². The molecule has 1 saturated carbocycles. The highest BCUT2D eigenvalue weighted by Gasteiger charge is 2.35. The van der Waals surface area contributed by atoms with Crippen molar-refractivity contribution < 1.29 is 14.4 Å². The van der Waals surface area contributed by atoms with E-state index in [0.29, 0.717) is 6.54 Å². The molecule has 1 aliphatic heterocycles. The summed E-state index contributed by atoms with van der Waals surface area (Å²) in [5.41, 5.74) is 7.83. The van der Waals surface area contributed by atoms with Gasteiger partial charge in [0.15, 0.2) is 0 Å². The number of nitrogens with one attached hydrogen (secondary N) is 2. The summed E-state index contributed by atoms with van der Waals surface area (Å²) in [7, 11) is 0. The molecule has 4 N–H and O–H groups in total. The number of carbonyl (C=O) groups is 2. The second kappa shape index (κ2) is 4.80. The normalized spacial score (nSPS) is 33.8. The number of hydrogen-bond acceptors (Lipinski definition) is 4. The van der Waals surface area contributed by atoms with Crippen molar-refractivity contribution >= 4 is 11.8 Å². The molecule has 2 fully saturated rings. The summed E-state index contributed by atoms with van der Waals surface area (Å²) in [6.45, 7) is 0.732. The van der Waals surface area contributed by atoms with Crippen molar-refractivity contribution in [2.75, 3.05) is 13.2 Å². The maximum atomic E-state index is 11.9. The molecule has 0 aromatic rings. The Kier molecular flexibility index (Phi) is 3.40. The lowest BCUT2D eigenvalue weighted by molar-refractivity contribution is -0.131. The van der Waals surface area contributed by atoms with Gasteiger partial charge in [0.25, 0.3) is 5.91 Å². The fourth-order valence-corrected chi connectivity index (χ4v) is 2.39. The Morgan fingerprint density at radius 3 is 3.00 bits per heavy atom. The van der Waals surface area contributed by atoms with Crippen LogP contribution in [0.1, 0.15) is 19.3 Å². The van der Waals surface area contributed by atoms with Crippen LogP contribution in [0.25, 0.3) is 0 Å². The van der Waals surface area contributed by atoms with E-state index in [2.05, 4.69) is 10.8 Å². The standard InChI is InChI=1S/C10H17N3O3/c11-4-6-2-1-3-7(6)9(14)12-8-5-16-13-10(8)15/h6-8H,1-5,11H2,(H,12,14)(H,13,15)/t6?,7?,8-/m1/s1. The van der Waals surface area contributed by atoms with Crippen LogP contribution < -0.4 is 16.5 Å². The maximum Gasteiger partial charge on any atom is 0.268 e. The van der Waals surface area contributed by atoms with Crippen molar-refractivity contribution in [2.24, 2.45) is 17.6 Å². The van der Waals surface area contributed by atoms with Gasteiger partial charge in [-0.3, -0.25) is 14.4 Å². The summed E-state index contributed by atoms with van der Waals surface area (Å²) in [6.07, 6.45) is 2.90. The second-order valence-corrected chi connectivity index (χ2v) is 4.37. The zero-order chi connectivity index (χ0) is 11.5. The lowest BCUT2D eigenvalue weighted by atomic mass is 9.95. The van der Waals surface area contributed by atoms with E-state index < -0.39 is 6.04 Å². The lowest BCUT2D eigenvalue weighted by Gasteiger charge is -2.18. The van der Waals surface area contributed by atoms with E-state index in [-0.39, 0.29) is 30.3 Å². The first-order chi connectivity index (χ1) is 7.72. The molecule has 1 heterocycles. The highest BCUT2D eigenvalue weighted by molar-refractivity contribution is 5.89. The van der Waals surface area contributed by atoms with Crippen LogP contribution in [-0.2, 0) is 14.4 Å². The smallest absolute Gasteiger partial charge is 0.268 e. The van der Waals surface area contributed by atoms with Gasteiger partial charge in [-0.05, 0) is 25.3 Å². The fourth-order valence-electron chi connectivity index (χ4n) is 2.39. The summed E-state index contributed by atoms with van der Waals surface area (Å²) >= 11 is 0. The number of hydrogen-bond donors (Lipinski definition) is 3. The first kappa shape index (κ1) is 11.3. The molecule has 1 saturated heterocycles. The highest BCUT2D eigenvalue weighted by Crippen LogP contribution is 2.31. The van der Waals surface area contributed by atoms with Crippen LogP contribution in [0.3, 0.4) is 0 Å². The van der Waals surface area contributed by atoms with Gasteiger partial charge >= 0.3 is 0 Å². The van der Waals surface area contributed by atoms with Crippen LogP contribution in [0.4, 0.5) is 0 Å². The lowest BCUT2D eigenvalue weighted by Crippen LogP contribution is -2.45. The predicted octanol–water partition coefficient (Wildman–Crippen LogP) is -1.09. The molecule has 2 amide bonds. The largest absolute Gasteiger partial charge is 0.342 e. The Hall–Kier alpha value is -1.14. The molecule has 3 atom stereocenters. The van der Waals surface area contributed by atoms with Gasteiger partial charge in [0.05, 0.1) is 0 Å². The average Bonchev–Trinajstić information content (AvgIpc) is 2.87. The number of hydroxylamine groups is 1. The number of amides is 2. The van der Waals surface area contributed by atoms with Crippen LogP contribution in [-0.4, -0.2) is 31.0 Å². The summed E-state index contributed by atoms with van der Waals surface area (Å²) < 4.78 is 0. The molecule has 2 unspecified atom stereocenters. The maximum absolute atomic E-state index is 11.9. The molecule has 2 aliphatic rings. The van der Waals surface area contributed by atoms with Gasteiger partial charge in [0.2, 0.25) is 5.91 Å². The van der Waals surface area contributed by atoms with E-state index in [4.69, 9.17) is 10.6 Å². The summed E-state index contributed by atoms with van der Waals surface area (Å²) in [5, 5.41) is 2.70. The van der Waals surface area contributed by atoms with Gasteiger partial charge < -0.3 is 11.1 Å². The zero-order valence-corrected chi connectivity index (χ0v) is 9.07. The minimum atomic E-state index is -0.550. The molecule has 0 aromatic heterocycles. The number of nitrogens with two attached hydrogens (primary N) is 1. The van der Waals surface area contributed by atoms with Gasteiger partial charge in [-0.1, -0.05) is 6.42 Å². The zero-order valence-electron chi connectivity index (χ0n) is 9.07. The van der Waals surface area contributed by atoms with Gasteiger partial charge in [-0.2, -0.15) is 0 Å². The molecule has 2 rings (SSSR count). The Labute approximate surface area is 93.8 Å². The minimum Gasteiger partial charge on any atom is -0.342 e. The van der Waals surface area contributed by atoms with Gasteiger partial charge in [-0.25, -0.2) is 5.48 Å². The highest BCUT2D eigenvalue weighted by atomic mass is 16.7. The Morgan fingerprint density at radius 2 is 2.38 bits per heavy atom. The number of rotatable bonds is 3. The van der Waals surface area contributed by atoms with Crippen LogP contribution in [0.5, 0.6) is 0 Å². The van der Waals surface area contributed by atoms with E-state index in [1.54, 1.807) is 0 Å². The topological polar surface area (TPSA) is 93.5 Å². The molecular formula is C10H17N3O3. The van der Waals surface area contributed by atoms with E-state index in [0.717, 1.165) is 19.3 Å². The van der Waals surface area contributed by atoms with E-state index in [9.17, 15) is 9.59 Å². The van der Waals surface area contributed by atoms with Gasteiger partial charge in [0, 0.05) is 5.92 Å². The average molecular weight is 227 g/mol. The molecule has 6 heteroatoms. The Morgan fingerprint density at radius 1 is 1.56 bits per heavy atom. The Bertz CT molecular complexity index is 295. The summed E-state index contributed by atoms with van der Waals surface area (Å²) in [6, 6.07) is -0.550. The number of carbonyl (C=O) groups excluding carboxylic acids is 2. The molecular weight excluding hydrogens is 210 g/mol. The molecule has 0 bridgehead atoms. The second-order valence-electron chi connectivity index (χ2n) is 4.37. The molecule has 16 heavy (non-hydrogen) atoms. The monoisotopic (exact) mass is 227 g/mol. The third-order valence-electron chi connectivity index (χ3n) is 3.35. The molecule has 0 aromatic carbocycles. The molecule has 0 spiro atoms. The third kappa shape index (κ3) is 2.17. The van der Waals surface area contributed by atoms with E-state index in [1.165, 1.54) is 0 Å². The minimum absolute atomic E-state index is 0.0431. The predicted molar refractivity (Wildman–Crippen MR) is 55.9 cm³/mol. The van der Waals surface area contributed by atoms with Crippen LogP contribution in [0.15, 0.2) is 0 Å². The van der Waals surface area contributed by atoms with Crippen molar-refractivity contribution in [3.63, 3.8) is 0 Å². The summed E-state index contributed by atoms with van der Waals surface area (Å²) in [5.74, 6) is -0.141. The van der Waals surface area contributed by atoms with Crippen molar-refractivity contribution in [1.82, 2.24) is 10.8 Å². The fraction of sp³-hybridized carbons (Fsp3) is 0.800. The SMILES string of the molecule is NCC1CCCC1C(=O)N[C@@H]1CONC1=O. The van der Waals surface area contributed by atoms with Crippen molar-refractivity contribution in [2.45, 2.75) is 25.3 Å². The first-order valence-corrected chi connectivity index (χ1v) is 5.64. The third-order valence-corrected chi connectivity index (χ3v) is 3.35. The molecule has 90 valence electrons. The summed E-state index contributed by atoms with van der Waals surface area (Å²) in [4.78, 5) is 27.9. The Balaban J connectivity index is 1.89. The van der Waals surface area contributed by atoms with Crippen LogP contribution in [0.2, 0.25) is 0 Å². The van der Waals surface area contributed by atoms with Crippen LogP contribution >= 0.6 is 0 Å². The quantitative estimate of drug-likeness (QED) is 0.571. The molecule has 6 nitrogen and oxygen atoms in total. The van der Waals surface area contributed by atoms with Gasteiger partial charge in [0.1, 0.15) is 12.6 Å². The molecule has 0 radical (unpaired) electrons. The van der Waals surface area contributed by atoms with E-state index >= 15 is 0 Å². The van der Waals surface area contributed by atoms with E-state index in [1.807, 2.05) is 0 Å². The van der Waals surface area contributed by atoms with Crippen molar-refractivity contribution in [1.29, 1.82) is 0 Å². The van der Waals surface area contributed by atoms with Crippen molar-refractivity contribution in [3.05, 3.63) is 0 Å². The van der Waals surface area contributed by atoms with Gasteiger partial charge in [-0.15, -0.1) is 0 Å².